The number of hydrogen-bond acceptors (Lipinski definition) is 5. The second-order valence-corrected chi connectivity index (χ2v) is 10.2. The van der Waals surface area contributed by atoms with Gasteiger partial charge in [0.1, 0.15) is 11.9 Å². The Kier molecular flexibility index (Phi) is 9.83. The third kappa shape index (κ3) is 7.71. The summed E-state index contributed by atoms with van der Waals surface area (Å²) in [4.78, 5) is 22.2. The molecule has 0 spiro atoms. The molecule has 198 valence electrons. The van der Waals surface area contributed by atoms with Crippen molar-refractivity contribution in [1.29, 1.82) is 0 Å². The molecule has 1 unspecified atom stereocenters. The van der Waals surface area contributed by atoms with Crippen LogP contribution in [0.3, 0.4) is 0 Å². The third-order valence-electron chi connectivity index (χ3n) is 7.75. The first-order valence-corrected chi connectivity index (χ1v) is 13.4. The fourth-order valence-electron chi connectivity index (χ4n) is 5.65. The zero-order valence-electron chi connectivity index (χ0n) is 21.7. The molecule has 1 aliphatic rings. The minimum absolute atomic E-state index is 0.172. The van der Waals surface area contributed by atoms with E-state index in [0.717, 1.165) is 62.6 Å². The number of carbonyl (C=O) groups is 1. The van der Waals surface area contributed by atoms with Crippen molar-refractivity contribution in [2.45, 2.75) is 57.5 Å². The average molecular weight is 508 g/mol. The van der Waals surface area contributed by atoms with Gasteiger partial charge in [0.2, 0.25) is 0 Å². The predicted octanol–water partition coefficient (Wildman–Crippen LogP) is 6.26. The van der Waals surface area contributed by atoms with Crippen LogP contribution in [0.4, 0.5) is 4.39 Å². The van der Waals surface area contributed by atoms with E-state index in [-0.39, 0.29) is 12.3 Å². The fourth-order valence-corrected chi connectivity index (χ4v) is 5.65. The van der Waals surface area contributed by atoms with Crippen LogP contribution in [0.2, 0.25) is 0 Å². The number of unbranched alkanes of at least 4 members (excludes halogenated alkanes) is 1. The van der Waals surface area contributed by atoms with Crippen LogP contribution in [0.15, 0.2) is 55.0 Å². The summed E-state index contributed by atoms with van der Waals surface area (Å²) >= 11 is 0. The number of aliphatic carboxylic acids is 1. The SMILES string of the molecule is COc1ccc2nccc(C(F)CC[C@@H]3CCN(CCCCc4ccncc4)C[C@@H]3CCC(=O)O)c2c1. The highest BCUT2D eigenvalue weighted by Gasteiger charge is 2.30. The van der Waals surface area contributed by atoms with E-state index in [2.05, 4.69) is 27.0 Å². The number of nitrogens with zero attached hydrogens (tertiary/aromatic N) is 3. The molecule has 1 saturated heterocycles. The molecule has 37 heavy (non-hydrogen) atoms. The molecule has 0 aliphatic carbocycles. The van der Waals surface area contributed by atoms with Gasteiger partial charge in [-0.3, -0.25) is 14.8 Å². The van der Waals surface area contributed by atoms with Gasteiger partial charge in [-0.25, -0.2) is 4.39 Å². The van der Waals surface area contributed by atoms with Gasteiger partial charge in [-0.1, -0.05) is 0 Å². The van der Waals surface area contributed by atoms with Gasteiger partial charge >= 0.3 is 5.97 Å². The van der Waals surface area contributed by atoms with Crippen molar-refractivity contribution < 1.29 is 19.0 Å². The van der Waals surface area contributed by atoms with Crippen molar-refractivity contribution in [1.82, 2.24) is 14.9 Å². The number of piperidine rings is 1. The quantitative estimate of drug-likeness (QED) is 0.276. The van der Waals surface area contributed by atoms with E-state index in [1.165, 1.54) is 5.56 Å². The summed E-state index contributed by atoms with van der Waals surface area (Å²) in [6, 6.07) is 11.5. The van der Waals surface area contributed by atoms with Crippen LogP contribution in [0, 0.1) is 11.8 Å². The topological polar surface area (TPSA) is 75.5 Å². The number of halogens is 1. The Morgan fingerprint density at radius 1 is 1.14 bits per heavy atom. The third-order valence-corrected chi connectivity index (χ3v) is 7.75. The molecule has 0 bridgehead atoms. The van der Waals surface area contributed by atoms with E-state index >= 15 is 4.39 Å². The first-order valence-electron chi connectivity index (χ1n) is 13.4. The Labute approximate surface area is 218 Å². The van der Waals surface area contributed by atoms with Crippen molar-refractivity contribution in [2.75, 3.05) is 26.7 Å². The molecule has 3 heterocycles. The summed E-state index contributed by atoms with van der Waals surface area (Å²) in [6.45, 7) is 2.92. The number of benzene rings is 1. The monoisotopic (exact) mass is 507 g/mol. The first-order chi connectivity index (χ1) is 18.0. The number of carboxylic acid groups (broad SMARTS) is 1. The predicted molar refractivity (Wildman–Crippen MR) is 143 cm³/mol. The number of alkyl halides is 1. The van der Waals surface area contributed by atoms with Crippen molar-refractivity contribution >= 4 is 16.9 Å². The molecule has 4 rings (SSSR count). The number of aromatic nitrogens is 2. The molecule has 3 aromatic rings. The molecule has 1 fully saturated rings. The van der Waals surface area contributed by atoms with E-state index in [9.17, 15) is 9.90 Å². The van der Waals surface area contributed by atoms with E-state index in [1.807, 2.05) is 30.6 Å². The number of aryl methyl sites for hydroxylation is 1. The van der Waals surface area contributed by atoms with Crippen LogP contribution in [-0.2, 0) is 11.2 Å². The van der Waals surface area contributed by atoms with E-state index in [1.54, 1.807) is 19.4 Å². The van der Waals surface area contributed by atoms with Gasteiger partial charge in [0.25, 0.3) is 0 Å². The summed E-state index contributed by atoms with van der Waals surface area (Å²) in [5, 5.41) is 10.1. The van der Waals surface area contributed by atoms with Gasteiger partial charge < -0.3 is 14.7 Å². The fraction of sp³-hybridized carbons (Fsp3) is 0.500. The Morgan fingerprint density at radius 3 is 2.76 bits per heavy atom. The molecule has 1 aliphatic heterocycles. The van der Waals surface area contributed by atoms with Gasteiger partial charge in [0, 0.05) is 36.9 Å². The van der Waals surface area contributed by atoms with Gasteiger partial charge in [-0.2, -0.15) is 0 Å². The molecular formula is C30H38FN3O3. The average Bonchev–Trinajstić information content (AvgIpc) is 2.93. The lowest BCUT2D eigenvalue weighted by Gasteiger charge is -2.39. The standard InChI is InChI=1S/C30H38FN3O3/c1-37-25-7-9-29-27(20-25)26(13-17-33-29)28(31)8-5-23-14-19-34(21-24(23)6-10-30(35)36)18-3-2-4-22-11-15-32-16-12-22/h7,9,11-13,15-17,20,23-24,28H,2-6,8,10,14,18-19,21H2,1H3,(H,35,36)/t23-,24+,28?/m1/s1. The lowest BCUT2D eigenvalue weighted by Crippen LogP contribution is -2.41. The van der Waals surface area contributed by atoms with Gasteiger partial charge in [0.05, 0.1) is 12.6 Å². The van der Waals surface area contributed by atoms with Crippen LogP contribution in [0.25, 0.3) is 10.9 Å². The van der Waals surface area contributed by atoms with Gasteiger partial charge in [-0.05, 0) is 117 Å². The number of methoxy groups -OCH3 is 1. The lowest BCUT2D eigenvalue weighted by atomic mass is 9.79. The van der Waals surface area contributed by atoms with E-state index in [0.29, 0.717) is 30.1 Å². The summed E-state index contributed by atoms with van der Waals surface area (Å²) in [7, 11) is 1.61. The minimum atomic E-state index is -1.09. The number of likely N-dealkylation sites (tertiary alicyclic amines) is 1. The lowest BCUT2D eigenvalue weighted by molar-refractivity contribution is -0.137. The Balaban J connectivity index is 1.32. The van der Waals surface area contributed by atoms with Crippen LogP contribution in [0.5, 0.6) is 5.75 Å². The largest absolute Gasteiger partial charge is 0.497 e. The molecule has 3 atom stereocenters. The second kappa shape index (κ2) is 13.5. The van der Waals surface area contributed by atoms with Crippen molar-refractivity contribution in [3.8, 4) is 5.75 Å². The Morgan fingerprint density at radius 2 is 1.97 bits per heavy atom. The molecule has 6 nitrogen and oxygen atoms in total. The molecule has 0 saturated carbocycles. The Hall–Kier alpha value is -3.06. The highest BCUT2D eigenvalue weighted by atomic mass is 19.1. The minimum Gasteiger partial charge on any atom is -0.497 e. The number of fused-ring (bicyclic) bond motifs is 1. The number of pyridine rings is 2. The molecule has 0 amide bonds. The molecule has 7 heteroatoms. The summed E-state index contributed by atoms with van der Waals surface area (Å²) in [5.41, 5.74) is 2.73. The molecule has 1 N–H and O–H groups in total. The molecular weight excluding hydrogens is 469 g/mol. The van der Waals surface area contributed by atoms with Crippen LogP contribution < -0.4 is 4.74 Å². The van der Waals surface area contributed by atoms with Gasteiger partial charge in [-0.15, -0.1) is 0 Å². The molecule has 1 aromatic carbocycles. The highest BCUT2D eigenvalue weighted by molar-refractivity contribution is 5.83. The van der Waals surface area contributed by atoms with Crippen molar-refractivity contribution in [3.05, 3.63) is 66.1 Å². The van der Waals surface area contributed by atoms with Gasteiger partial charge in [0.15, 0.2) is 0 Å². The highest BCUT2D eigenvalue weighted by Crippen LogP contribution is 2.36. The van der Waals surface area contributed by atoms with Crippen LogP contribution in [0.1, 0.15) is 62.2 Å². The maximum Gasteiger partial charge on any atom is 0.303 e. The van der Waals surface area contributed by atoms with Crippen LogP contribution >= 0.6 is 0 Å². The number of rotatable bonds is 13. The Bertz CT molecular complexity index is 1140. The van der Waals surface area contributed by atoms with Crippen molar-refractivity contribution in [3.63, 3.8) is 0 Å². The maximum atomic E-state index is 15.5. The number of carboxylic acids is 1. The smallest absolute Gasteiger partial charge is 0.303 e. The van der Waals surface area contributed by atoms with Crippen LogP contribution in [-0.4, -0.2) is 52.7 Å². The van der Waals surface area contributed by atoms with Crippen molar-refractivity contribution in [2.24, 2.45) is 11.8 Å². The summed E-state index contributed by atoms with van der Waals surface area (Å²) in [6.07, 6.45) is 10.5. The first kappa shape index (κ1) is 27.0. The normalized spacial score (nSPS) is 19.1. The van der Waals surface area contributed by atoms with E-state index in [4.69, 9.17) is 4.74 Å². The number of hydrogen-bond donors (Lipinski definition) is 1. The summed E-state index contributed by atoms with van der Waals surface area (Å²) in [5.74, 6) is 0.560. The zero-order valence-corrected chi connectivity index (χ0v) is 21.7. The second-order valence-electron chi connectivity index (χ2n) is 10.2. The molecule has 0 radical (unpaired) electrons. The van der Waals surface area contributed by atoms with E-state index < -0.39 is 12.1 Å². The molecule has 2 aromatic heterocycles. The number of ether oxygens (including phenoxy) is 1. The summed E-state index contributed by atoms with van der Waals surface area (Å²) < 4.78 is 20.9. The maximum absolute atomic E-state index is 15.5. The zero-order chi connectivity index (χ0) is 26.0.